The van der Waals surface area contributed by atoms with Crippen LogP contribution in [-0.4, -0.2) is 22.2 Å². The van der Waals surface area contributed by atoms with E-state index in [9.17, 15) is 9.59 Å². The Hall–Kier alpha value is -3.66. The van der Waals surface area contributed by atoms with Crippen LogP contribution in [-0.2, 0) is 0 Å². The van der Waals surface area contributed by atoms with E-state index in [0.29, 0.717) is 5.39 Å². The number of fused-ring (bicyclic) bond motifs is 2. The SMILES string of the molecule is O=C(O)c1cccc2cccc(C(=O)O)c12.c1ccc2ccccc2c1. The molecule has 4 aromatic carbocycles. The molecule has 0 aromatic heterocycles. The molecule has 26 heavy (non-hydrogen) atoms. The Morgan fingerprint density at radius 2 is 0.846 bits per heavy atom. The van der Waals surface area contributed by atoms with Crippen molar-refractivity contribution in [2.75, 3.05) is 0 Å². The molecule has 4 nitrogen and oxygen atoms in total. The Kier molecular flexibility index (Phi) is 4.94. The topological polar surface area (TPSA) is 74.6 Å². The van der Waals surface area contributed by atoms with Gasteiger partial charge in [-0.25, -0.2) is 9.59 Å². The summed E-state index contributed by atoms with van der Waals surface area (Å²) in [6, 6.07) is 26.1. The van der Waals surface area contributed by atoms with Gasteiger partial charge in [0.2, 0.25) is 0 Å². The predicted octanol–water partition coefficient (Wildman–Crippen LogP) is 5.08. The highest BCUT2D eigenvalue weighted by molar-refractivity contribution is 6.12. The van der Waals surface area contributed by atoms with Crippen LogP contribution in [0.15, 0.2) is 84.9 Å². The Bertz CT molecular complexity index is 985. The maximum absolute atomic E-state index is 11.0. The number of carboxylic acid groups (broad SMARTS) is 2. The first-order valence-electron chi connectivity index (χ1n) is 8.00. The number of hydrogen-bond donors (Lipinski definition) is 2. The van der Waals surface area contributed by atoms with Crippen molar-refractivity contribution in [2.45, 2.75) is 0 Å². The molecule has 4 heteroatoms. The van der Waals surface area contributed by atoms with Crippen LogP contribution < -0.4 is 0 Å². The lowest BCUT2D eigenvalue weighted by Crippen LogP contribution is -2.03. The fourth-order valence-corrected chi connectivity index (χ4v) is 2.83. The molecule has 0 aliphatic heterocycles. The molecular formula is C22H16O4. The van der Waals surface area contributed by atoms with Crippen LogP contribution in [0.3, 0.4) is 0 Å². The molecule has 0 spiro atoms. The van der Waals surface area contributed by atoms with Crippen LogP contribution >= 0.6 is 0 Å². The van der Waals surface area contributed by atoms with Crippen molar-refractivity contribution in [1.82, 2.24) is 0 Å². The first-order valence-corrected chi connectivity index (χ1v) is 8.00. The fourth-order valence-electron chi connectivity index (χ4n) is 2.83. The van der Waals surface area contributed by atoms with Crippen molar-refractivity contribution in [2.24, 2.45) is 0 Å². The minimum atomic E-state index is -1.13. The Labute approximate surface area is 149 Å². The minimum Gasteiger partial charge on any atom is -0.478 e. The molecule has 0 saturated carbocycles. The van der Waals surface area contributed by atoms with E-state index < -0.39 is 11.9 Å². The van der Waals surface area contributed by atoms with Crippen molar-refractivity contribution in [1.29, 1.82) is 0 Å². The first-order chi connectivity index (χ1) is 12.6. The predicted molar refractivity (Wildman–Crippen MR) is 102 cm³/mol. The molecule has 0 aliphatic rings. The summed E-state index contributed by atoms with van der Waals surface area (Å²) in [4.78, 5) is 22.0. The van der Waals surface area contributed by atoms with Crippen molar-refractivity contribution in [3.63, 3.8) is 0 Å². The highest BCUT2D eigenvalue weighted by Gasteiger charge is 2.15. The Morgan fingerprint density at radius 3 is 1.19 bits per heavy atom. The van der Waals surface area contributed by atoms with Crippen LogP contribution in [0.25, 0.3) is 21.5 Å². The van der Waals surface area contributed by atoms with E-state index in [4.69, 9.17) is 10.2 Å². The summed E-state index contributed by atoms with van der Waals surface area (Å²) >= 11 is 0. The molecule has 0 amide bonds. The lowest BCUT2D eigenvalue weighted by molar-refractivity contribution is 0.0695. The van der Waals surface area contributed by atoms with Crippen molar-refractivity contribution >= 4 is 33.5 Å². The second kappa shape index (κ2) is 7.49. The summed E-state index contributed by atoms with van der Waals surface area (Å²) in [6.45, 7) is 0. The molecule has 0 atom stereocenters. The highest BCUT2D eigenvalue weighted by Crippen LogP contribution is 2.23. The molecule has 0 aliphatic carbocycles. The van der Waals surface area contributed by atoms with Crippen LogP contribution in [0.4, 0.5) is 0 Å². The number of rotatable bonds is 2. The molecule has 128 valence electrons. The largest absolute Gasteiger partial charge is 0.478 e. The van der Waals surface area contributed by atoms with E-state index in [2.05, 4.69) is 48.5 Å². The van der Waals surface area contributed by atoms with E-state index in [-0.39, 0.29) is 16.5 Å². The van der Waals surface area contributed by atoms with Gasteiger partial charge in [0.25, 0.3) is 0 Å². The van der Waals surface area contributed by atoms with Crippen molar-refractivity contribution in [3.05, 3.63) is 96.1 Å². The molecule has 2 N–H and O–H groups in total. The molecule has 4 rings (SSSR count). The Morgan fingerprint density at radius 1 is 0.500 bits per heavy atom. The quantitative estimate of drug-likeness (QED) is 0.532. The average molecular weight is 344 g/mol. The molecule has 4 aromatic rings. The monoisotopic (exact) mass is 344 g/mol. The van der Waals surface area contributed by atoms with Gasteiger partial charge in [-0.15, -0.1) is 0 Å². The smallest absolute Gasteiger partial charge is 0.336 e. The van der Waals surface area contributed by atoms with Crippen LogP contribution in [0.1, 0.15) is 20.7 Å². The van der Waals surface area contributed by atoms with E-state index in [1.54, 1.807) is 24.3 Å². The number of aromatic carboxylic acids is 2. The zero-order valence-electron chi connectivity index (χ0n) is 13.8. The second-order valence-electron chi connectivity index (χ2n) is 5.67. The van der Waals surface area contributed by atoms with Gasteiger partial charge in [-0.2, -0.15) is 0 Å². The molecule has 0 unspecified atom stereocenters. The molecular weight excluding hydrogens is 328 g/mol. The summed E-state index contributed by atoms with van der Waals surface area (Å²) in [5, 5.41) is 21.5. The maximum Gasteiger partial charge on any atom is 0.336 e. The summed E-state index contributed by atoms with van der Waals surface area (Å²) < 4.78 is 0. The zero-order chi connectivity index (χ0) is 18.5. The van der Waals surface area contributed by atoms with Gasteiger partial charge in [0.15, 0.2) is 0 Å². The Balaban J connectivity index is 0.000000167. The standard InChI is InChI=1S/C12H8O4.C10H8/c13-11(14)8-5-1-3-7-4-2-6-9(10(7)8)12(15)16;1-2-6-10-8-4-3-7-9(10)5-1/h1-6H,(H,13,14)(H,15,16);1-8H. The maximum atomic E-state index is 11.0. The second-order valence-corrected chi connectivity index (χ2v) is 5.67. The van der Waals surface area contributed by atoms with Gasteiger partial charge < -0.3 is 10.2 Å². The minimum absolute atomic E-state index is 0.00972. The molecule has 0 heterocycles. The van der Waals surface area contributed by atoms with Gasteiger partial charge in [0.05, 0.1) is 11.1 Å². The molecule has 0 saturated heterocycles. The van der Waals surface area contributed by atoms with E-state index >= 15 is 0 Å². The van der Waals surface area contributed by atoms with Gasteiger partial charge >= 0.3 is 11.9 Å². The van der Waals surface area contributed by atoms with Gasteiger partial charge in [0.1, 0.15) is 0 Å². The van der Waals surface area contributed by atoms with E-state index in [1.807, 2.05) is 0 Å². The summed E-state index contributed by atoms with van der Waals surface area (Å²) in [5.41, 5.74) is 0.0194. The number of benzene rings is 4. The van der Waals surface area contributed by atoms with Crippen LogP contribution in [0, 0.1) is 0 Å². The first kappa shape index (κ1) is 17.2. The lowest BCUT2D eigenvalue weighted by Gasteiger charge is -2.05. The summed E-state index contributed by atoms with van der Waals surface area (Å²) in [6.07, 6.45) is 0. The van der Waals surface area contributed by atoms with Crippen LogP contribution in [0.5, 0.6) is 0 Å². The van der Waals surface area contributed by atoms with Crippen molar-refractivity contribution < 1.29 is 19.8 Å². The molecule has 0 fully saturated rings. The average Bonchev–Trinajstić information content (AvgIpc) is 2.67. The van der Waals surface area contributed by atoms with E-state index in [1.165, 1.54) is 22.9 Å². The van der Waals surface area contributed by atoms with E-state index in [0.717, 1.165) is 0 Å². The summed E-state index contributed by atoms with van der Waals surface area (Å²) in [7, 11) is 0. The third kappa shape index (κ3) is 3.54. The number of carbonyl (C=O) groups is 2. The van der Waals surface area contributed by atoms with Gasteiger partial charge in [-0.05, 0) is 28.3 Å². The number of hydrogen-bond acceptors (Lipinski definition) is 2. The zero-order valence-corrected chi connectivity index (χ0v) is 13.8. The molecule has 0 radical (unpaired) electrons. The van der Waals surface area contributed by atoms with Crippen molar-refractivity contribution in [3.8, 4) is 0 Å². The normalized spacial score (nSPS) is 10.2. The third-order valence-corrected chi connectivity index (χ3v) is 4.02. The van der Waals surface area contributed by atoms with Crippen LogP contribution in [0.2, 0.25) is 0 Å². The van der Waals surface area contributed by atoms with Gasteiger partial charge in [-0.3, -0.25) is 0 Å². The lowest BCUT2D eigenvalue weighted by atomic mass is 9.99. The summed E-state index contributed by atoms with van der Waals surface area (Å²) in [5.74, 6) is -2.25. The third-order valence-electron chi connectivity index (χ3n) is 4.02. The highest BCUT2D eigenvalue weighted by atomic mass is 16.4. The fraction of sp³-hybridized carbons (Fsp3) is 0. The molecule has 0 bridgehead atoms. The van der Waals surface area contributed by atoms with Gasteiger partial charge in [0, 0.05) is 5.39 Å². The van der Waals surface area contributed by atoms with Gasteiger partial charge in [-0.1, -0.05) is 72.8 Å². The number of carboxylic acids is 2.